The van der Waals surface area contributed by atoms with Crippen LogP contribution in [0.25, 0.3) is 16.7 Å². The summed E-state index contributed by atoms with van der Waals surface area (Å²) in [6.07, 6.45) is 8.48. The number of nitrogens with zero attached hydrogens (tertiary/aromatic N) is 6. The topological polar surface area (TPSA) is 107 Å². The molecule has 4 aromatic rings. The first-order valence-corrected chi connectivity index (χ1v) is 11.7. The Kier molecular flexibility index (Phi) is 4.97. The van der Waals surface area contributed by atoms with E-state index in [0.29, 0.717) is 22.8 Å². The van der Waals surface area contributed by atoms with Gasteiger partial charge in [-0.2, -0.15) is 10.2 Å². The van der Waals surface area contributed by atoms with E-state index in [-0.39, 0.29) is 4.90 Å². The van der Waals surface area contributed by atoms with Gasteiger partial charge in [-0.15, -0.1) is 0 Å². The minimum absolute atomic E-state index is 0.0205. The maximum atomic E-state index is 13.2. The van der Waals surface area contributed by atoms with Crippen molar-refractivity contribution >= 4 is 32.3 Å². The molecule has 1 fully saturated rings. The van der Waals surface area contributed by atoms with Crippen molar-refractivity contribution in [2.24, 2.45) is 7.05 Å². The van der Waals surface area contributed by atoms with Crippen LogP contribution in [0.15, 0.2) is 53.9 Å². The zero-order valence-electron chi connectivity index (χ0n) is 17.8. The molecule has 0 unspecified atom stereocenters. The predicted octanol–water partition coefficient (Wildman–Crippen LogP) is 2.56. The largest absolute Gasteiger partial charge is 0.494 e. The SMILES string of the molecule is COc1ccc2cnn(C)c2c1NS(=O)(=O)c1cnn(-c2cc(N3CCCC3)ccn2)c1. The van der Waals surface area contributed by atoms with Crippen molar-refractivity contribution in [3.05, 3.63) is 49.1 Å². The van der Waals surface area contributed by atoms with Gasteiger partial charge in [0.15, 0.2) is 5.82 Å². The Morgan fingerprint density at radius 1 is 1.09 bits per heavy atom. The smallest absolute Gasteiger partial charge is 0.265 e. The van der Waals surface area contributed by atoms with Gasteiger partial charge in [-0.25, -0.2) is 18.1 Å². The van der Waals surface area contributed by atoms with Gasteiger partial charge in [-0.1, -0.05) is 0 Å². The summed E-state index contributed by atoms with van der Waals surface area (Å²) in [5.41, 5.74) is 2.00. The van der Waals surface area contributed by atoms with E-state index in [1.807, 2.05) is 18.2 Å². The molecule has 11 heteroatoms. The summed E-state index contributed by atoms with van der Waals surface area (Å²) in [7, 11) is -0.699. The minimum atomic E-state index is -3.94. The second-order valence-electron chi connectivity index (χ2n) is 7.64. The lowest BCUT2D eigenvalue weighted by Gasteiger charge is -2.17. The average molecular weight is 454 g/mol. The standard InChI is InChI=1S/C21H23N7O3S/c1-26-21-15(12-23-26)5-6-18(31-2)20(21)25-32(29,30)17-13-24-28(14-17)19-11-16(7-8-22-19)27-9-3-4-10-27/h5-8,11-14,25H,3-4,9-10H2,1-2H3. The number of methoxy groups -OCH3 is 1. The van der Waals surface area contributed by atoms with Crippen molar-refractivity contribution in [2.75, 3.05) is 29.8 Å². The number of benzene rings is 1. The van der Waals surface area contributed by atoms with Gasteiger partial charge >= 0.3 is 0 Å². The lowest BCUT2D eigenvalue weighted by atomic mass is 10.2. The number of sulfonamides is 1. The molecule has 1 saturated heterocycles. The molecule has 4 heterocycles. The zero-order chi connectivity index (χ0) is 22.3. The summed E-state index contributed by atoms with van der Waals surface area (Å²) in [4.78, 5) is 6.67. The summed E-state index contributed by atoms with van der Waals surface area (Å²) < 4.78 is 37.5. The number of pyridine rings is 1. The Balaban J connectivity index is 1.48. The lowest BCUT2D eigenvalue weighted by Crippen LogP contribution is -2.18. The first-order valence-electron chi connectivity index (χ1n) is 10.2. The molecule has 1 N–H and O–H groups in total. The summed E-state index contributed by atoms with van der Waals surface area (Å²) in [6, 6.07) is 7.41. The Hall–Kier alpha value is -3.60. The molecule has 1 aromatic carbocycles. The Morgan fingerprint density at radius 3 is 2.69 bits per heavy atom. The molecule has 0 saturated carbocycles. The van der Waals surface area contributed by atoms with Crippen molar-refractivity contribution in [1.29, 1.82) is 0 Å². The molecule has 0 atom stereocenters. The molecule has 5 rings (SSSR count). The van der Waals surface area contributed by atoms with Crippen LogP contribution in [0.5, 0.6) is 5.75 Å². The van der Waals surface area contributed by atoms with Gasteiger partial charge in [0.1, 0.15) is 16.3 Å². The molecular weight excluding hydrogens is 430 g/mol. The van der Waals surface area contributed by atoms with Crippen molar-refractivity contribution in [1.82, 2.24) is 24.5 Å². The fourth-order valence-corrected chi connectivity index (χ4v) is 4.99. The fourth-order valence-electron chi connectivity index (χ4n) is 3.99. The van der Waals surface area contributed by atoms with Gasteiger partial charge < -0.3 is 9.64 Å². The van der Waals surface area contributed by atoms with Gasteiger partial charge in [0.2, 0.25) is 0 Å². The average Bonchev–Trinajstić information content (AvgIpc) is 3.55. The van der Waals surface area contributed by atoms with Crippen LogP contribution in [0.2, 0.25) is 0 Å². The molecule has 10 nitrogen and oxygen atoms in total. The third-order valence-electron chi connectivity index (χ3n) is 5.63. The van der Waals surface area contributed by atoms with E-state index in [4.69, 9.17) is 4.74 Å². The van der Waals surface area contributed by atoms with Crippen LogP contribution >= 0.6 is 0 Å². The van der Waals surface area contributed by atoms with Crippen LogP contribution in [0.3, 0.4) is 0 Å². The highest BCUT2D eigenvalue weighted by molar-refractivity contribution is 7.92. The van der Waals surface area contributed by atoms with Crippen LogP contribution in [0.4, 0.5) is 11.4 Å². The Morgan fingerprint density at radius 2 is 1.91 bits per heavy atom. The molecular formula is C21H23N7O3S. The second-order valence-corrected chi connectivity index (χ2v) is 9.32. The van der Waals surface area contributed by atoms with E-state index in [1.165, 1.54) is 37.0 Å². The lowest BCUT2D eigenvalue weighted by molar-refractivity contribution is 0.417. The number of fused-ring (bicyclic) bond motifs is 1. The molecule has 3 aromatic heterocycles. The van der Waals surface area contributed by atoms with Crippen LogP contribution in [0.1, 0.15) is 12.8 Å². The number of nitrogens with one attached hydrogen (secondary N) is 1. The van der Waals surface area contributed by atoms with E-state index < -0.39 is 10.0 Å². The van der Waals surface area contributed by atoms with Crippen molar-refractivity contribution < 1.29 is 13.2 Å². The Bertz CT molecular complexity index is 1390. The molecule has 32 heavy (non-hydrogen) atoms. The highest BCUT2D eigenvalue weighted by Crippen LogP contribution is 2.34. The monoisotopic (exact) mass is 453 g/mol. The first-order chi connectivity index (χ1) is 15.5. The quantitative estimate of drug-likeness (QED) is 0.478. The molecule has 1 aliphatic rings. The molecule has 0 radical (unpaired) electrons. The van der Waals surface area contributed by atoms with Crippen molar-refractivity contribution in [3.8, 4) is 11.6 Å². The van der Waals surface area contributed by atoms with Crippen LogP contribution < -0.4 is 14.4 Å². The molecule has 0 amide bonds. The number of ether oxygens (including phenoxy) is 1. The molecule has 0 aliphatic carbocycles. The van der Waals surface area contributed by atoms with Crippen LogP contribution in [-0.4, -0.2) is 53.2 Å². The van der Waals surface area contributed by atoms with Gasteiger partial charge in [-0.05, 0) is 31.0 Å². The first kappa shape index (κ1) is 20.3. The number of aryl methyl sites for hydroxylation is 1. The maximum absolute atomic E-state index is 13.2. The van der Waals surface area contributed by atoms with E-state index in [1.54, 1.807) is 30.2 Å². The van der Waals surface area contributed by atoms with E-state index in [2.05, 4.69) is 24.8 Å². The minimum Gasteiger partial charge on any atom is -0.494 e. The van der Waals surface area contributed by atoms with Gasteiger partial charge in [-0.3, -0.25) is 9.40 Å². The third kappa shape index (κ3) is 3.54. The molecule has 0 spiro atoms. The van der Waals surface area contributed by atoms with Crippen LogP contribution in [0, 0.1) is 0 Å². The van der Waals surface area contributed by atoms with Crippen molar-refractivity contribution in [3.63, 3.8) is 0 Å². The van der Waals surface area contributed by atoms with Gasteiger partial charge in [0, 0.05) is 43.5 Å². The number of hydrogen-bond donors (Lipinski definition) is 1. The maximum Gasteiger partial charge on any atom is 0.265 e. The van der Waals surface area contributed by atoms with Crippen LogP contribution in [-0.2, 0) is 17.1 Å². The fraction of sp³-hybridized carbons (Fsp3) is 0.286. The molecule has 0 bridgehead atoms. The summed E-state index contributed by atoms with van der Waals surface area (Å²) in [5, 5.41) is 9.25. The summed E-state index contributed by atoms with van der Waals surface area (Å²) in [5.74, 6) is 0.958. The normalized spacial score (nSPS) is 14.2. The van der Waals surface area contributed by atoms with Gasteiger partial charge in [0.05, 0.1) is 31.2 Å². The third-order valence-corrected chi connectivity index (χ3v) is 6.93. The van der Waals surface area contributed by atoms with E-state index in [0.717, 1.165) is 24.2 Å². The highest BCUT2D eigenvalue weighted by atomic mass is 32.2. The predicted molar refractivity (Wildman–Crippen MR) is 121 cm³/mol. The number of hydrogen-bond acceptors (Lipinski definition) is 7. The summed E-state index contributed by atoms with van der Waals surface area (Å²) >= 11 is 0. The number of rotatable bonds is 6. The number of aromatic nitrogens is 5. The Labute approximate surface area is 185 Å². The zero-order valence-corrected chi connectivity index (χ0v) is 18.6. The second kappa shape index (κ2) is 7.83. The van der Waals surface area contributed by atoms with E-state index >= 15 is 0 Å². The summed E-state index contributed by atoms with van der Waals surface area (Å²) in [6.45, 7) is 2.01. The highest BCUT2D eigenvalue weighted by Gasteiger charge is 2.23. The van der Waals surface area contributed by atoms with Crippen molar-refractivity contribution in [2.45, 2.75) is 17.7 Å². The molecule has 166 valence electrons. The van der Waals surface area contributed by atoms with E-state index in [9.17, 15) is 8.42 Å². The molecule has 1 aliphatic heterocycles. The van der Waals surface area contributed by atoms with Gasteiger partial charge in [0.25, 0.3) is 10.0 Å². The number of anilines is 2.